The maximum absolute atomic E-state index is 11.5. The van der Waals surface area contributed by atoms with Crippen molar-refractivity contribution in [2.75, 3.05) is 24.7 Å². The zero-order valence-electron chi connectivity index (χ0n) is 10.5. The van der Waals surface area contributed by atoms with Crippen molar-refractivity contribution in [1.82, 2.24) is 10.3 Å². The van der Waals surface area contributed by atoms with Crippen molar-refractivity contribution >= 4 is 17.7 Å². The minimum Gasteiger partial charge on any atom is -0.396 e. The van der Waals surface area contributed by atoms with Gasteiger partial charge in [0.1, 0.15) is 0 Å². The standard InChI is InChI=1S/C13H20N2O2S/c16-9-3-10-18-11-8-15-13(17)6-5-12-4-1-2-7-14-12/h1-2,4,7,16H,3,5-6,8-11H2,(H,15,17). The molecule has 2 N–H and O–H groups in total. The summed E-state index contributed by atoms with van der Waals surface area (Å²) >= 11 is 1.75. The second kappa shape index (κ2) is 9.91. The highest BCUT2D eigenvalue weighted by atomic mass is 32.2. The van der Waals surface area contributed by atoms with E-state index >= 15 is 0 Å². The maximum Gasteiger partial charge on any atom is 0.220 e. The Balaban J connectivity index is 2.01. The predicted molar refractivity (Wildman–Crippen MR) is 74.6 cm³/mol. The van der Waals surface area contributed by atoms with Gasteiger partial charge in [-0.15, -0.1) is 0 Å². The number of thioether (sulfide) groups is 1. The maximum atomic E-state index is 11.5. The normalized spacial score (nSPS) is 10.3. The minimum absolute atomic E-state index is 0.0726. The molecule has 0 radical (unpaired) electrons. The first-order valence-electron chi connectivity index (χ1n) is 6.18. The first-order valence-corrected chi connectivity index (χ1v) is 7.33. The highest BCUT2D eigenvalue weighted by Crippen LogP contribution is 2.01. The van der Waals surface area contributed by atoms with E-state index in [0.717, 1.165) is 23.6 Å². The molecule has 0 atom stereocenters. The fraction of sp³-hybridized carbons (Fsp3) is 0.538. The SMILES string of the molecule is O=C(CCc1ccccn1)NCCSCCCO. The number of carbonyl (C=O) groups excluding carboxylic acids is 1. The van der Waals surface area contributed by atoms with E-state index < -0.39 is 0 Å². The molecule has 18 heavy (non-hydrogen) atoms. The summed E-state index contributed by atoms with van der Waals surface area (Å²) in [6, 6.07) is 5.73. The van der Waals surface area contributed by atoms with Crippen LogP contribution in [-0.4, -0.2) is 40.7 Å². The van der Waals surface area contributed by atoms with Crippen LogP contribution in [0.1, 0.15) is 18.5 Å². The Labute approximate surface area is 112 Å². The van der Waals surface area contributed by atoms with Crippen LogP contribution in [0.25, 0.3) is 0 Å². The van der Waals surface area contributed by atoms with Crippen LogP contribution >= 0.6 is 11.8 Å². The number of nitrogens with zero attached hydrogens (tertiary/aromatic N) is 1. The molecule has 0 fully saturated rings. The Hall–Kier alpha value is -1.07. The second-order valence-corrected chi connectivity index (χ2v) is 5.09. The molecule has 100 valence electrons. The molecule has 0 aliphatic heterocycles. The number of nitrogens with one attached hydrogen (secondary N) is 1. The van der Waals surface area contributed by atoms with E-state index in [4.69, 9.17) is 5.11 Å². The third-order valence-electron chi connectivity index (χ3n) is 2.35. The molecule has 1 aromatic heterocycles. The van der Waals surface area contributed by atoms with E-state index in [1.807, 2.05) is 18.2 Å². The van der Waals surface area contributed by atoms with Crippen LogP contribution in [-0.2, 0) is 11.2 Å². The fourth-order valence-electron chi connectivity index (χ4n) is 1.41. The van der Waals surface area contributed by atoms with Gasteiger partial charge in [0.2, 0.25) is 5.91 Å². The number of hydrogen-bond donors (Lipinski definition) is 2. The fourth-order valence-corrected chi connectivity index (χ4v) is 2.19. The molecule has 1 aromatic rings. The number of aromatic nitrogens is 1. The Bertz CT molecular complexity index is 333. The van der Waals surface area contributed by atoms with Gasteiger partial charge in [-0.3, -0.25) is 9.78 Å². The number of aliphatic hydroxyl groups excluding tert-OH is 1. The average Bonchev–Trinajstić information content (AvgIpc) is 2.41. The molecule has 1 heterocycles. The predicted octanol–water partition coefficient (Wildman–Crippen LogP) is 1.25. The van der Waals surface area contributed by atoms with Crippen molar-refractivity contribution < 1.29 is 9.90 Å². The Morgan fingerprint density at radius 3 is 3.00 bits per heavy atom. The Morgan fingerprint density at radius 2 is 2.28 bits per heavy atom. The van der Waals surface area contributed by atoms with Crippen LogP contribution in [0.15, 0.2) is 24.4 Å². The van der Waals surface area contributed by atoms with Crippen molar-refractivity contribution in [1.29, 1.82) is 0 Å². The third-order valence-corrected chi connectivity index (χ3v) is 3.42. The summed E-state index contributed by atoms with van der Waals surface area (Å²) in [5.74, 6) is 1.92. The lowest BCUT2D eigenvalue weighted by Crippen LogP contribution is -2.26. The summed E-state index contributed by atoms with van der Waals surface area (Å²) in [4.78, 5) is 15.7. The number of hydrogen-bond acceptors (Lipinski definition) is 4. The minimum atomic E-state index is 0.0726. The van der Waals surface area contributed by atoms with Crippen LogP contribution in [0.5, 0.6) is 0 Å². The van der Waals surface area contributed by atoms with Gasteiger partial charge in [-0.2, -0.15) is 11.8 Å². The van der Waals surface area contributed by atoms with E-state index in [-0.39, 0.29) is 12.5 Å². The number of aryl methyl sites for hydroxylation is 1. The van der Waals surface area contributed by atoms with E-state index in [2.05, 4.69) is 10.3 Å². The first kappa shape index (κ1) is 15.0. The van der Waals surface area contributed by atoms with Gasteiger partial charge < -0.3 is 10.4 Å². The third kappa shape index (κ3) is 7.29. The molecule has 0 aliphatic carbocycles. The molecule has 5 heteroatoms. The number of rotatable bonds is 9. The van der Waals surface area contributed by atoms with Gasteiger partial charge in [0, 0.05) is 37.2 Å². The van der Waals surface area contributed by atoms with Gasteiger partial charge in [-0.1, -0.05) is 6.07 Å². The number of pyridine rings is 1. The van der Waals surface area contributed by atoms with E-state index in [0.29, 0.717) is 19.4 Å². The van der Waals surface area contributed by atoms with E-state index in [9.17, 15) is 4.79 Å². The van der Waals surface area contributed by atoms with Gasteiger partial charge in [0.25, 0.3) is 0 Å². The number of aliphatic hydroxyl groups is 1. The largest absolute Gasteiger partial charge is 0.396 e. The lowest BCUT2D eigenvalue weighted by Gasteiger charge is -2.04. The molecule has 0 saturated carbocycles. The van der Waals surface area contributed by atoms with Gasteiger partial charge in [0.15, 0.2) is 0 Å². The quantitative estimate of drug-likeness (QED) is 0.662. The summed E-state index contributed by atoms with van der Waals surface area (Å²) in [7, 11) is 0. The monoisotopic (exact) mass is 268 g/mol. The summed E-state index contributed by atoms with van der Waals surface area (Å²) in [5.41, 5.74) is 0.949. The molecule has 0 aliphatic rings. The first-order chi connectivity index (χ1) is 8.83. The smallest absolute Gasteiger partial charge is 0.220 e. The zero-order valence-corrected chi connectivity index (χ0v) is 11.3. The topological polar surface area (TPSA) is 62.2 Å². The Kier molecular flexibility index (Phi) is 8.25. The second-order valence-electron chi connectivity index (χ2n) is 3.86. The van der Waals surface area contributed by atoms with E-state index in [1.54, 1.807) is 18.0 Å². The van der Waals surface area contributed by atoms with Crippen LogP contribution in [0, 0.1) is 0 Å². The molecule has 1 rings (SSSR count). The van der Waals surface area contributed by atoms with Crippen LogP contribution in [0.3, 0.4) is 0 Å². The van der Waals surface area contributed by atoms with Gasteiger partial charge >= 0.3 is 0 Å². The molecule has 0 aromatic carbocycles. The van der Waals surface area contributed by atoms with Gasteiger partial charge in [0.05, 0.1) is 0 Å². The summed E-state index contributed by atoms with van der Waals surface area (Å²) in [6.45, 7) is 0.931. The van der Waals surface area contributed by atoms with Crippen molar-refractivity contribution in [3.05, 3.63) is 30.1 Å². The van der Waals surface area contributed by atoms with Crippen molar-refractivity contribution in [2.45, 2.75) is 19.3 Å². The van der Waals surface area contributed by atoms with Crippen LogP contribution in [0.4, 0.5) is 0 Å². The van der Waals surface area contributed by atoms with Crippen LogP contribution < -0.4 is 5.32 Å². The highest BCUT2D eigenvalue weighted by molar-refractivity contribution is 7.99. The molecule has 1 amide bonds. The summed E-state index contributed by atoms with van der Waals surface area (Å²) in [5, 5.41) is 11.5. The van der Waals surface area contributed by atoms with Gasteiger partial charge in [-0.05, 0) is 30.7 Å². The van der Waals surface area contributed by atoms with Gasteiger partial charge in [-0.25, -0.2) is 0 Å². The zero-order chi connectivity index (χ0) is 13.1. The molecule has 4 nitrogen and oxygen atoms in total. The molecule has 0 spiro atoms. The summed E-state index contributed by atoms with van der Waals surface area (Å²) in [6.07, 6.45) is 3.73. The lowest BCUT2D eigenvalue weighted by molar-refractivity contribution is -0.120. The number of carbonyl (C=O) groups is 1. The molecule has 0 unspecified atom stereocenters. The highest BCUT2D eigenvalue weighted by Gasteiger charge is 2.01. The molecular weight excluding hydrogens is 248 g/mol. The number of amides is 1. The summed E-state index contributed by atoms with van der Waals surface area (Å²) < 4.78 is 0. The van der Waals surface area contributed by atoms with E-state index in [1.165, 1.54) is 0 Å². The lowest BCUT2D eigenvalue weighted by atomic mass is 10.2. The Morgan fingerprint density at radius 1 is 1.39 bits per heavy atom. The van der Waals surface area contributed by atoms with Crippen molar-refractivity contribution in [2.24, 2.45) is 0 Å². The molecule has 0 saturated heterocycles. The van der Waals surface area contributed by atoms with Crippen molar-refractivity contribution in [3.8, 4) is 0 Å². The van der Waals surface area contributed by atoms with Crippen molar-refractivity contribution in [3.63, 3.8) is 0 Å². The molecule has 0 bridgehead atoms. The average molecular weight is 268 g/mol. The van der Waals surface area contributed by atoms with Crippen LogP contribution in [0.2, 0.25) is 0 Å². The molecular formula is C13H20N2O2S.